The number of benzene rings is 2. The van der Waals surface area contributed by atoms with Gasteiger partial charge in [0.05, 0.1) is 6.54 Å². The Labute approximate surface area is 195 Å². The zero-order valence-corrected chi connectivity index (χ0v) is 19.9. The number of aryl methyl sites for hydroxylation is 1. The second-order valence-electron chi connectivity index (χ2n) is 8.46. The molecular formula is C25H30N4O3S. The second-order valence-corrected chi connectivity index (χ2v) is 10.3. The quantitative estimate of drug-likeness (QED) is 0.533. The summed E-state index contributed by atoms with van der Waals surface area (Å²) in [7, 11) is -3.50. The summed E-state index contributed by atoms with van der Waals surface area (Å²) >= 11 is 0. The Morgan fingerprint density at radius 3 is 2.33 bits per heavy atom. The van der Waals surface area contributed by atoms with Crippen LogP contribution in [0.5, 0.6) is 0 Å². The summed E-state index contributed by atoms with van der Waals surface area (Å²) in [6.45, 7) is 5.73. The van der Waals surface area contributed by atoms with E-state index in [1.165, 1.54) is 14.4 Å². The summed E-state index contributed by atoms with van der Waals surface area (Å²) in [4.78, 5) is 12.9. The van der Waals surface area contributed by atoms with Gasteiger partial charge >= 0.3 is 5.69 Å². The van der Waals surface area contributed by atoms with Crippen LogP contribution in [0.25, 0.3) is 6.08 Å². The topological polar surface area (TPSA) is 77.2 Å². The fourth-order valence-electron chi connectivity index (χ4n) is 4.21. The first-order chi connectivity index (χ1) is 15.9. The van der Waals surface area contributed by atoms with Gasteiger partial charge in [-0.25, -0.2) is 17.9 Å². The Kier molecular flexibility index (Phi) is 6.95. The third-order valence-electron chi connectivity index (χ3n) is 6.13. The van der Waals surface area contributed by atoms with Gasteiger partial charge < -0.3 is 0 Å². The number of hydrogen-bond donors (Lipinski definition) is 0. The van der Waals surface area contributed by atoms with Crippen molar-refractivity contribution in [3.05, 3.63) is 93.0 Å². The molecule has 0 bridgehead atoms. The Morgan fingerprint density at radius 1 is 1.03 bits per heavy atom. The maximum absolute atomic E-state index is 12.9. The Balaban J connectivity index is 1.45. The molecule has 2 aromatic carbocycles. The third kappa shape index (κ3) is 5.34. The molecule has 3 aromatic rings. The van der Waals surface area contributed by atoms with E-state index in [1.807, 2.05) is 68.4 Å². The molecule has 0 spiro atoms. The van der Waals surface area contributed by atoms with Crippen molar-refractivity contribution in [3.8, 4) is 0 Å². The molecule has 0 aliphatic carbocycles. The van der Waals surface area contributed by atoms with Crippen molar-refractivity contribution >= 4 is 16.1 Å². The van der Waals surface area contributed by atoms with E-state index in [4.69, 9.17) is 0 Å². The summed E-state index contributed by atoms with van der Waals surface area (Å²) in [6, 6.07) is 17.5. The van der Waals surface area contributed by atoms with Crippen LogP contribution in [0, 0.1) is 6.92 Å². The highest BCUT2D eigenvalue weighted by Gasteiger charge is 2.30. The van der Waals surface area contributed by atoms with E-state index >= 15 is 0 Å². The van der Waals surface area contributed by atoms with Crippen LogP contribution in [0.2, 0.25) is 0 Å². The number of sulfonamides is 1. The molecule has 0 unspecified atom stereocenters. The van der Waals surface area contributed by atoms with Crippen molar-refractivity contribution in [1.29, 1.82) is 0 Å². The van der Waals surface area contributed by atoms with E-state index in [0.29, 0.717) is 39.0 Å². The van der Waals surface area contributed by atoms with Crippen LogP contribution in [0.4, 0.5) is 0 Å². The molecule has 1 fully saturated rings. The normalized spacial score (nSPS) is 15.9. The first kappa shape index (κ1) is 23.2. The highest BCUT2D eigenvalue weighted by atomic mass is 32.2. The Bertz CT molecular complexity index is 1270. The summed E-state index contributed by atoms with van der Waals surface area (Å²) < 4.78 is 30.4. The van der Waals surface area contributed by atoms with Gasteiger partial charge in [0.25, 0.3) is 0 Å². The number of aromatic nitrogens is 3. The van der Waals surface area contributed by atoms with Crippen LogP contribution in [0.1, 0.15) is 48.2 Å². The lowest BCUT2D eigenvalue weighted by molar-refractivity contribution is 0.311. The van der Waals surface area contributed by atoms with Crippen LogP contribution in [-0.4, -0.2) is 40.2 Å². The van der Waals surface area contributed by atoms with Crippen LogP contribution >= 0.6 is 0 Å². The summed E-state index contributed by atoms with van der Waals surface area (Å²) in [6.07, 6.45) is 2.92. The zero-order valence-electron chi connectivity index (χ0n) is 19.1. The molecular weight excluding hydrogens is 436 g/mol. The number of nitrogens with zero attached hydrogens (tertiary/aromatic N) is 4. The van der Waals surface area contributed by atoms with Gasteiger partial charge in [0.1, 0.15) is 5.82 Å². The fraction of sp³-hybridized carbons (Fsp3) is 0.360. The van der Waals surface area contributed by atoms with E-state index < -0.39 is 10.0 Å². The van der Waals surface area contributed by atoms with E-state index in [1.54, 1.807) is 10.6 Å². The molecule has 0 saturated carbocycles. The van der Waals surface area contributed by atoms with Crippen molar-refractivity contribution in [2.75, 3.05) is 13.1 Å². The standard InChI is InChI=1S/C25H30N4O3S/c1-3-28-24(26-29(25(28)30)19-22-7-5-4-6-8-22)23-13-16-27(17-14-23)33(31,32)18-15-21-11-9-20(2)10-12-21/h4-12,15,18,23H,3,13-14,16-17,19H2,1-2H3/b18-15+. The summed E-state index contributed by atoms with van der Waals surface area (Å²) in [5.74, 6) is 0.813. The van der Waals surface area contributed by atoms with Gasteiger partial charge in [-0.1, -0.05) is 60.2 Å². The molecule has 1 aliphatic heterocycles. The minimum absolute atomic E-state index is 0.0576. The molecule has 1 aromatic heterocycles. The van der Waals surface area contributed by atoms with E-state index in [-0.39, 0.29) is 11.6 Å². The summed E-state index contributed by atoms with van der Waals surface area (Å²) in [5, 5.41) is 5.94. The van der Waals surface area contributed by atoms with Gasteiger partial charge in [0.15, 0.2) is 0 Å². The van der Waals surface area contributed by atoms with Gasteiger partial charge in [-0.05, 0) is 43.9 Å². The van der Waals surface area contributed by atoms with Crippen LogP contribution in [-0.2, 0) is 23.1 Å². The Morgan fingerprint density at radius 2 is 1.70 bits per heavy atom. The number of piperidine rings is 1. The van der Waals surface area contributed by atoms with E-state index in [2.05, 4.69) is 5.10 Å². The second kappa shape index (κ2) is 9.89. The van der Waals surface area contributed by atoms with Gasteiger partial charge in [-0.2, -0.15) is 9.40 Å². The number of hydrogen-bond acceptors (Lipinski definition) is 4. The van der Waals surface area contributed by atoms with Crippen LogP contribution in [0.15, 0.2) is 64.8 Å². The first-order valence-electron chi connectivity index (χ1n) is 11.3. The van der Waals surface area contributed by atoms with Gasteiger partial charge in [0.2, 0.25) is 10.0 Å². The minimum Gasteiger partial charge on any atom is -0.279 e. The molecule has 33 heavy (non-hydrogen) atoms. The molecule has 0 atom stereocenters. The molecule has 2 heterocycles. The largest absolute Gasteiger partial charge is 0.346 e. The SMILES string of the molecule is CCn1c(C2CCN(S(=O)(=O)/C=C/c3ccc(C)cc3)CC2)nn(Cc2ccccc2)c1=O. The monoisotopic (exact) mass is 466 g/mol. The van der Waals surface area contributed by atoms with Crippen molar-refractivity contribution in [2.45, 2.75) is 45.7 Å². The van der Waals surface area contributed by atoms with Crippen LogP contribution < -0.4 is 5.69 Å². The fourth-order valence-corrected chi connectivity index (χ4v) is 5.43. The maximum atomic E-state index is 12.9. The molecule has 1 aliphatic rings. The maximum Gasteiger partial charge on any atom is 0.346 e. The smallest absolute Gasteiger partial charge is 0.279 e. The summed E-state index contributed by atoms with van der Waals surface area (Å²) in [5.41, 5.74) is 2.89. The highest BCUT2D eigenvalue weighted by molar-refractivity contribution is 7.92. The van der Waals surface area contributed by atoms with Gasteiger partial charge in [-0.15, -0.1) is 0 Å². The van der Waals surface area contributed by atoms with Crippen LogP contribution in [0.3, 0.4) is 0 Å². The van der Waals surface area contributed by atoms with Gasteiger partial charge in [-0.3, -0.25) is 4.57 Å². The first-order valence-corrected chi connectivity index (χ1v) is 12.8. The minimum atomic E-state index is -3.50. The molecule has 1 saturated heterocycles. The zero-order chi connectivity index (χ0) is 23.4. The number of rotatable bonds is 7. The third-order valence-corrected chi connectivity index (χ3v) is 7.70. The molecule has 0 amide bonds. The average Bonchev–Trinajstić information content (AvgIpc) is 3.14. The van der Waals surface area contributed by atoms with Crippen molar-refractivity contribution in [2.24, 2.45) is 0 Å². The lowest BCUT2D eigenvalue weighted by Gasteiger charge is -2.29. The lowest BCUT2D eigenvalue weighted by Crippen LogP contribution is -2.37. The molecule has 4 rings (SSSR count). The van der Waals surface area contributed by atoms with Crippen molar-refractivity contribution < 1.29 is 8.42 Å². The molecule has 8 heteroatoms. The van der Waals surface area contributed by atoms with E-state index in [9.17, 15) is 13.2 Å². The average molecular weight is 467 g/mol. The molecule has 174 valence electrons. The van der Waals surface area contributed by atoms with Gasteiger partial charge in [0, 0.05) is 31.0 Å². The lowest BCUT2D eigenvalue weighted by atomic mass is 9.97. The Hall–Kier alpha value is -2.97. The predicted octanol–water partition coefficient (Wildman–Crippen LogP) is 3.60. The highest BCUT2D eigenvalue weighted by Crippen LogP contribution is 2.28. The van der Waals surface area contributed by atoms with Crippen molar-refractivity contribution in [1.82, 2.24) is 18.7 Å². The predicted molar refractivity (Wildman–Crippen MR) is 130 cm³/mol. The molecule has 7 nitrogen and oxygen atoms in total. The molecule has 0 N–H and O–H groups in total. The van der Waals surface area contributed by atoms with E-state index in [0.717, 1.165) is 22.5 Å². The van der Waals surface area contributed by atoms with Crippen molar-refractivity contribution in [3.63, 3.8) is 0 Å². The molecule has 0 radical (unpaired) electrons.